The smallest absolute Gasteiger partial charge is 0.302 e. The van der Waals surface area contributed by atoms with Crippen LogP contribution >= 0.6 is 0 Å². The summed E-state index contributed by atoms with van der Waals surface area (Å²) in [5.41, 5.74) is -1.04. The molecule has 5 N–H and O–H groups in total. The molecule has 2 aromatic heterocycles. The first-order chi connectivity index (χ1) is 13.4. The van der Waals surface area contributed by atoms with Crippen molar-refractivity contribution in [3.63, 3.8) is 0 Å². The van der Waals surface area contributed by atoms with Crippen molar-refractivity contribution in [2.45, 2.75) is 44.3 Å². The Morgan fingerprint density at radius 2 is 1.90 bits per heavy atom. The predicted octanol–water partition coefficient (Wildman–Crippen LogP) is -2.20. The van der Waals surface area contributed by atoms with Gasteiger partial charge in [-0.15, -0.1) is 0 Å². The van der Waals surface area contributed by atoms with E-state index < -0.39 is 53.2 Å². The first-order valence-electron chi connectivity index (χ1n) is 8.42. The van der Waals surface area contributed by atoms with E-state index in [1.165, 1.54) is 0 Å². The summed E-state index contributed by atoms with van der Waals surface area (Å²) in [5, 5.41) is 22.3. The number of aromatic nitrogens is 4. The molecule has 1 aliphatic rings. The van der Waals surface area contributed by atoms with Crippen LogP contribution in [0.25, 0.3) is 11.2 Å². The van der Waals surface area contributed by atoms with Gasteiger partial charge in [-0.25, -0.2) is 4.98 Å². The predicted molar refractivity (Wildman–Crippen MR) is 94.4 cm³/mol. The van der Waals surface area contributed by atoms with Crippen molar-refractivity contribution >= 4 is 34.6 Å². The molecule has 1 fully saturated rings. The van der Waals surface area contributed by atoms with Crippen LogP contribution in [0.3, 0.4) is 0 Å². The zero-order chi connectivity index (χ0) is 21.7. The molecular formula is C16H19N5O8. The standard InChI is InChI=1S/C16H19N5O8/c1-6(22)15(26)9(4-28-8(3)24)29-13(16(15,27)7(2)23)21-5-18-10-11(21)19-14(17)20-12(10)25/h5,9,13,26-27H,4H2,1-3H3,(H3,17,19,20,25)/t9-,13-,15-,16+/m1/s1. The third-order valence-electron chi connectivity index (χ3n) is 4.91. The molecule has 156 valence electrons. The van der Waals surface area contributed by atoms with Gasteiger partial charge < -0.3 is 25.4 Å². The average Bonchev–Trinajstić information content (AvgIpc) is 3.12. The Kier molecular flexibility index (Phi) is 4.77. The normalized spacial score (nSPS) is 29.1. The van der Waals surface area contributed by atoms with Crippen LogP contribution in [0.2, 0.25) is 0 Å². The number of hydrogen-bond donors (Lipinski definition) is 4. The van der Waals surface area contributed by atoms with Gasteiger partial charge in [0, 0.05) is 6.92 Å². The fourth-order valence-electron chi connectivity index (χ4n) is 3.46. The maximum absolute atomic E-state index is 12.5. The number of ether oxygens (including phenoxy) is 2. The van der Waals surface area contributed by atoms with Crippen LogP contribution in [0.5, 0.6) is 0 Å². The van der Waals surface area contributed by atoms with Crippen molar-refractivity contribution in [2.24, 2.45) is 0 Å². The highest BCUT2D eigenvalue weighted by atomic mass is 16.6. The molecule has 0 radical (unpaired) electrons. The van der Waals surface area contributed by atoms with Gasteiger partial charge in [-0.05, 0) is 13.8 Å². The zero-order valence-corrected chi connectivity index (χ0v) is 15.7. The molecular weight excluding hydrogens is 390 g/mol. The number of anilines is 1. The lowest BCUT2D eigenvalue weighted by Crippen LogP contribution is -2.66. The molecule has 0 saturated carbocycles. The van der Waals surface area contributed by atoms with E-state index in [0.29, 0.717) is 0 Å². The Labute approximate surface area is 162 Å². The summed E-state index contributed by atoms with van der Waals surface area (Å²) < 4.78 is 11.4. The van der Waals surface area contributed by atoms with Gasteiger partial charge in [-0.3, -0.25) is 28.7 Å². The maximum Gasteiger partial charge on any atom is 0.302 e. The van der Waals surface area contributed by atoms with Crippen molar-refractivity contribution < 1.29 is 34.1 Å². The number of Topliss-reactive ketones (excluding diaryl/α,β-unsaturated/α-hetero) is 2. The second kappa shape index (κ2) is 6.72. The highest BCUT2D eigenvalue weighted by molar-refractivity contribution is 5.99. The average molecular weight is 409 g/mol. The van der Waals surface area contributed by atoms with Gasteiger partial charge in [0.05, 0.1) is 6.33 Å². The Morgan fingerprint density at radius 1 is 1.28 bits per heavy atom. The number of carbonyl (C=O) groups is 3. The summed E-state index contributed by atoms with van der Waals surface area (Å²) in [6, 6.07) is 0. The topological polar surface area (TPSA) is 200 Å². The molecule has 0 aliphatic carbocycles. The SMILES string of the molecule is CC(=O)OC[C@H]1O[C@@H](n2cnc3c(=O)[nH]c(N)nc32)[C@@](O)(C(C)=O)[C@@]1(O)C(C)=O. The van der Waals surface area contributed by atoms with Crippen LogP contribution in [-0.2, 0) is 23.9 Å². The molecule has 1 aliphatic heterocycles. The Balaban J connectivity index is 2.23. The third-order valence-corrected chi connectivity index (χ3v) is 4.91. The van der Waals surface area contributed by atoms with E-state index >= 15 is 0 Å². The van der Waals surface area contributed by atoms with Crippen LogP contribution in [-0.4, -0.2) is 71.2 Å². The van der Waals surface area contributed by atoms with Crippen molar-refractivity contribution in [1.82, 2.24) is 19.5 Å². The number of hydrogen-bond acceptors (Lipinski definition) is 11. The molecule has 0 spiro atoms. The van der Waals surface area contributed by atoms with E-state index in [2.05, 4.69) is 15.0 Å². The third kappa shape index (κ3) is 2.82. The number of H-pyrrole nitrogens is 1. The van der Waals surface area contributed by atoms with Crippen LogP contribution in [0.15, 0.2) is 11.1 Å². The number of fused-ring (bicyclic) bond motifs is 1. The fraction of sp³-hybridized carbons (Fsp3) is 0.500. The zero-order valence-electron chi connectivity index (χ0n) is 15.7. The lowest BCUT2D eigenvalue weighted by atomic mass is 9.75. The van der Waals surface area contributed by atoms with E-state index in [-0.39, 0.29) is 17.1 Å². The number of esters is 1. The van der Waals surface area contributed by atoms with E-state index in [1.54, 1.807) is 0 Å². The molecule has 1 saturated heterocycles. The fourth-order valence-corrected chi connectivity index (χ4v) is 3.46. The maximum atomic E-state index is 12.5. The lowest BCUT2D eigenvalue weighted by Gasteiger charge is -2.37. The number of imidazole rings is 1. The van der Waals surface area contributed by atoms with Gasteiger partial charge in [0.1, 0.15) is 12.7 Å². The second-order valence-corrected chi connectivity index (χ2v) is 6.70. The number of aromatic amines is 1. The number of carbonyl (C=O) groups excluding carboxylic acids is 3. The van der Waals surface area contributed by atoms with Crippen molar-refractivity contribution in [3.05, 3.63) is 16.7 Å². The summed E-state index contributed by atoms with van der Waals surface area (Å²) in [5.74, 6) is -3.01. The molecule has 3 rings (SSSR count). The van der Waals surface area contributed by atoms with Gasteiger partial charge in [0.2, 0.25) is 11.5 Å². The number of nitrogen functional groups attached to an aromatic ring is 1. The van der Waals surface area contributed by atoms with Crippen LogP contribution in [0.1, 0.15) is 27.0 Å². The molecule has 3 heterocycles. The summed E-state index contributed by atoms with van der Waals surface area (Å²) in [6.45, 7) is 2.37. The van der Waals surface area contributed by atoms with Crippen LogP contribution in [0.4, 0.5) is 5.95 Å². The lowest BCUT2D eigenvalue weighted by molar-refractivity contribution is -0.182. The molecule has 0 aromatic carbocycles. The minimum atomic E-state index is -2.81. The van der Waals surface area contributed by atoms with Gasteiger partial charge in [-0.2, -0.15) is 4.98 Å². The number of nitrogens with one attached hydrogen (secondary N) is 1. The monoisotopic (exact) mass is 409 g/mol. The minimum absolute atomic E-state index is 0.157. The summed E-state index contributed by atoms with van der Waals surface area (Å²) in [6.07, 6.45) is -2.28. The number of nitrogens with two attached hydrogens (primary N) is 1. The van der Waals surface area contributed by atoms with Crippen LogP contribution in [0, 0.1) is 0 Å². The summed E-state index contributed by atoms with van der Waals surface area (Å²) in [4.78, 5) is 58.0. The molecule has 4 atom stereocenters. The van der Waals surface area contributed by atoms with Crippen LogP contribution < -0.4 is 11.3 Å². The van der Waals surface area contributed by atoms with Crippen molar-refractivity contribution in [1.29, 1.82) is 0 Å². The van der Waals surface area contributed by atoms with E-state index in [4.69, 9.17) is 15.2 Å². The largest absolute Gasteiger partial charge is 0.463 e. The first kappa shape index (κ1) is 20.6. The number of aliphatic hydroxyl groups is 2. The molecule has 2 aromatic rings. The highest BCUT2D eigenvalue weighted by Crippen LogP contribution is 2.47. The van der Waals surface area contributed by atoms with Gasteiger partial charge in [-0.1, -0.05) is 0 Å². The van der Waals surface area contributed by atoms with E-state index in [9.17, 15) is 29.4 Å². The van der Waals surface area contributed by atoms with Gasteiger partial charge >= 0.3 is 5.97 Å². The second-order valence-electron chi connectivity index (χ2n) is 6.70. The minimum Gasteiger partial charge on any atom is -0.463 e. The van der Waals surface area contributed by atoms with Crippen molar-refractivity contribution in [3.8, 4) is 0 Å². The Hall–Kier alpha value is -3.16. The number of rotatable bonds is 5. The van der Waals surface area contributed by atoms with Crippen molar-refractivity contribution in [2.75, 3.05) is 12.3 Å². The molecule has 0 bridgehead atoms. The molecule has 0 amide bonds. The highest BCUT2D eigenvalue weighted by Gasteiger charge is 2.72. The number of ketones is 2. The Bertz CT molecular complexity index is 1080. The molecule has 13 heteroatoms. The number of nitrogens with zero attached hydrogens (tertiary/aromatic N) is 3. The van der Waals surface area contributed by atoms with Gasteiger partial charge in [0.15, 0.2) is 34.6 Å². The molecule has 13 nitrogen and oxygen atoms in total. The van der Waals surface area contributed by atoms with E-state index in [0.717, 1.165) is 31.7 Å². The quantitative estimate of drug-likeness (QED) is 0.391. The van der Waals surface area contributed by atoms with Gasteiger partial charge in [0.25, 0.3) is 5.56 Å². The molecule has 29 heavy (non-hydrogen) atoms. The summed E-state index contributed by atoms with van der Waals surface area (Å²) in [7, 11) is 0. The van der Waals surface area contributed by atoms with E-state index in [1.807, 2.05) is 0 Å². The molecule has 0 unspecified atom stereocenters. The first-order valence-corrected chi connectivity index (χ1v) is 8.42. The Morgan fingerprint density at radius 3 is 2.45 bits per heavy atom. The summed E-state index contributed by atoms with van der Waals surface area (Å²) >= 11 is 0.